The Bertz CT molecular complexity index is 1010. The van der Waals surface area contributed by atoms with Crippen molar-refractivity contribution in [2.24, 2.45) is 0 Å². The second-order valence-corrected chi connectivity index (χ2v) is 6.42. The lowest BCUT2D eigenvalue weighted by atomic mass is 9.74. The predicted molar refractivity (Wildman–Crippen MR) is 91.5 cm³/mol. The zero-order chi connectivity index (χ0) is 16.3. The van der Waals surface area contributed by atoms with Crippen LogP contribution < -0.4 is 4.74 Å². The molecule has 0 aromatic heterocycles. The topological polar surface area (TPSA) is 35.5 Å². The van der Waals surface area contributed by atoms with Crippen molar-refractivity contribution in [3.8, 4) is 5.75 Å². The van der Waals surface area contributed by atoms with Gasteiger partial charge in [-0.3, -0.25) is 0 Å². The van der Waals surface area contributed by atoms with Gasteiger partial charge >= 0.3 is 5.97 Å². The molecule has 5 rings (SSSR count). The smallest absolute Gasteiger partial charge is 0.339 e. The van der Waals surface area contributed by atoms with Gasteiger partial charge in [0.15, 0.2) is 5.60 Å². The first-order valence-corrected chi connectivity index (χ1v) is 8.16. The van der Waals surface area contributed by atoms with Crippen molar-refractivity contribution in [2.75, 3.05) is 7.11 Å². The Kier molecular flexibility index (Phi) is 2.61. The van der Waals surface area contributed by atoms with Gasteiger partial charge in [-0.2, -0.15) is 0 Å². The standard InChI is InChI=1S/C21H16O3/c1-23-18-10-9-13-11-12-21(17-8-4-6-15(18)19(13)17)16-7-3-2-5-14(16)20(22)24-21/h2-10H,11-12H2,1H3. The fraction of sp³-hybridized carbons (Fsp3) is 0.190. The molecule has 24 heavy (non-hydrogen) atoms. The van der Waals surface area contributed by atoms with Crippen LogP contribution in [0.3, 0.4) is 0 Å². The summed E-state index contributed by atoms with van der Waals surface area (Å²) in [6.45, 7) is 0. The maximum absolute atomic E-state index is 12.4. The van der Waals surface area contributed by atoms with Gasteiger partial charge in [-0.15, -0.1) is 0 Å². The van der Waals surface area contributed by atoms with E-state index in [4.69, 9.17) is 9.47 Å². The van der Waals surface area contributed by atoms with Gasteiger partial charge in [0.05, 0.1) is 12.7 Å². The third kappa shape index (κ3) is 1.54. The Hall–Kier alpha value is -2.81. The Morgan fingerprint density at radius 2 is 1.83 bits per heavy atom. The molecule has 0 N–H and O–H groups in total. The van der Waals surface area contributed by atoms with Gasteiger partial charge in [0, 0.05) is 16.5 Å². The van der Waals surface area contributed by atoms with E-state index < -0.39 is 5.60 Å². The van der Waals surface area contributed by atoms with Gasteiger partial charge in [0.1, 0.15) is 5.75 Å². The number of esters is 1. The van der Waals surface area contributed by atoms with Gasteiger partial charge in [0.2, 0.25) is 0 Å². The average molecular weight is 316 g/mol. The van der Waals surface area contributed by atoms with Crippen molar-refractivity contribution in [3.63, 3.8) is 0 Å². The van der Waals surface area contributed by atoms with Crippen LogP contribution in [0.5, 0.6) is 5.75 Å². The van der Waals surface area contributed by atoms with Gasteiger partial charge in [0.25, 0.3) is 0 Å². The van der Waals surface area contributed by atoms with Crippen LogP contribution in [0.2, 0.25) is 0 Å². The van der Waals surface area contributed by atoms with E-state index in [0.717, 1.165) is 40.5 Å². The summed E-state index contributed by atoms with van der Waals surface area (Å²) in [5.74, 6) is 0.624. The van der Waals surface area contributed by atoms with Crippen molar-refractivity contribution < 1.29 is 14.3 Å². The molecule has 1 atom stereocenters. The van der Waals surface area contributed by atoms with Crippen LogP contribution in [0.1, 0.15) is 33.5 Å². The number of benzene rings is 3. The third-order valence-electron chi connectivity index (χ3n) is 5.34. The average Bonchev–Trinajstić information content (AvgIpc) is 2.92. The molecular formula is C21H16O3. The molecule has 1 unspecified atom stereocenters. The maximum atomic E-state index is 12.4. The highest BCUT2D eigenvalue weighted by Crippen LogP contribution is 2.51. The van der Waals surface area contributed by atoms with Gasteiger partial charge in [-0.25, -0.2) is 4.79 Å². The monoisotopic (exact) mass is 316 g/mol. The number of fused-ring (bicyclic) bond motifs is 3. The summed E-state index contributed by atoms with van der Waals surface area (Å²) < 4.78 is 11.5. The molecule has 3 aromatic rings. The first kappa shape index (κ1) is 13.6. The quantitative estimate of drug-likeness (QED) is 0.631. The summed E-state index contributed by atoms with van der Waals surface area (Å²) in [5, 5.41) is 2.24. The minimum Gasteiger partial charge on any atom is -0.496 e. The van der Waals surface area contributed by atoms with Gasteiger partial charge in [-0.1, -0.05) is 42.5 Å². The van der Waals surface area contributed by atoms with E-state index in [-0.39, 0.29) is 5.97 Å². The molecule has 0 fully saturated rings. The van der Waals surface area contributed by atoms with E-state index >= 15 is 0 Å². The molecular weight excluding hydrogens is 300 g/mol. The Labute approximate surface area is 139 Å². The highest BCUT2D eigenvalue weighted by Gasteiger charge is 2.49. The minimum atomic E-state index is -0.674. The second kappa shape index (κ2) is 4.60. The Morgan fingerprint density at radius 1 is 1.00 bits per heavy atom. The fourth-order valence-corrected chi connectivity index (χ4v) is 4.29. The lowest BCUT2D eigenvalue weighted by Crippen LogP contribution is -2.31. The summed E-state index contributed by atoms with van der Waals surface area (Å²) in [4.78, 5) is 12.4. The third-order valence-corrected chi connectivity index (χ3v) is 5.34. The molecule has 118 valence electrons. The summed E-state index contributed by atoms with van der Waals surface area (Å²) >= 11 is 0. The number of aryl methyl sites for hydroxylation is 1. The predicted octanol–water partition coefficient (Wildman–Crippen LogP) is 4.21. The SMILES string of the molecule is COc1ccc2c3c(cccc13)C1(CC2)OC(=O)c2ccccc21. The van der Waals surface area contributed by atoms with E-state index in [1.165, 1.54) is 5.56 Å². The van der Waals surface area contributed by atoms with Crippen molar-refractivity contribution in [1.29, 1.82) is 0 Å². The van der Waals surface area contributed by atoms with Crippen molar-refractivity contribution in [2.45, 2.75) is 18.4 Å². The fourth-order valence-electron chi connectivity index (χ4n) is 4.29. The van der Waals surface area contributed by atoms with Crippen LogP contribution in [0.4, 0.5) is 0 Å². The first-order valence-electron chi connectivity index (χ1n) is 8.16. The minimum absolute atomic E-state index is 0.228. The zero-order valence-corrected chi connectivity index (χ0v) is 13.3. The first-order chi connectivity index (χ1) is 11.7. The lowest BCUT2D eigenvalue weighted by Gasteiger charge is -2.35. The second-order valence-electron chi connectivity index (χ2n) is 6.42. The van der Waals surface area contributed by atoms with E-state index in [2.05, 4.69) is 18.2 Å². The maximum Gasteiger partial charge on any atom is 0.339 e. The highest BCUT2D eigenvalue weighted by atomic mass is 16.6. The van der Waals surface area contributed by atoms with E-state index in [9.17, 15) is 4.79 Å². The van der Waals surface area contributed by atoms with Crippen LogP contribution in [-0.2, 0) is 16.8 Å². The number of ether oxygens (including phenoxy) is 2. The van der Waals surface area contributed by atoms with Crippen LogP contribution in [0.25, 0.3) is 10.8 Å². The van der Waals surface area contributed by atoms with Crippen molar-refractivity contribution in [1.82, 2.24) is 0 Å². The molecule has 0 saturated heterocycles. The van der Waals surface area contributed by atoms with E-state index in [1.54, 1.807) is 7.11 Å². The lowest BCUT2D eigenvalue weighted by molar-refractivity contribution is 0.00700. The summed E-state index contributed by atoms with van der Waals surface area (Å²) in [7, 11) is 1.69. The zero-order valence-electron chi connectivity index (χ0n) is 13.3. The largest absolute Gasteiger partial charge is 0.496 e. The van der Waals surface area contributed by atoms with Gasteiger partial charge in [-0.05, 0) is 35.9 Å². The number of methoxy groups -OCH3 is 1. The molecule has 0 bridgehead atoms. The summed E-state index contributed by atoms with van der Waals surface area (Å²) in [5.41, 5.74) is 3.34. The Morgan fingerprint density at radius 3 is 2.71 bits per heavy atom. The molecule has 3 heteroatoms. The normalized spacial score (nSPS) is 21.0. The van der Waals surface area contributed by atoms with Crippen LogP contribution in [0.15, 0.2) is 54.6 Å². The summed E-state index contributed by atoms with van der Waals surface area (Å²) in [6, 6.07) is 18.1. The van der Waals surface area contributed by atoms with Crippen molar-refractivity contribution in [3.05, 3.63) is 76.9 Å². The molecule has 0 saturated carbocycles. The molecule has 0 amide bonds. The number of hydrogen-bond acceptors (Lipinski definition) is 3. The number of hydrogen-bond donors (Lipinski definition) is 0. The molecule has 3 nitrogen and oxygen atoms in total. The molecule has 1 heterocycles. The molecule has 1 aliphatic carbocycles. The number of rotatable bonds is 1. The van der Waals surface area contributed by atoms with Gasteiger partial charge < -0.3 is 9.47 Å². The number of carbonyl (C=O) groups is 1. The van der Waals surface area contributed by atoms with E-state index in [0.29, 0.717) is 5.56 Å². The molecule has 3 aromatic carbocycles. The van der Waals surface area contributed by atoms with Crippen LogP contribution in [-0.4, -0.2) is 13.1 Å². The summed E-state index contributed by atoms with van der Waals surface area (Å²) in [6.07, 6.45) is 1.65. The Balaban J connectivity index is 1.88. The highest BCUT2D eigenvalue weighted by molar-refractivity contribution is 6.00. The molecule has 0 radical (unpaired) electrons. The molecule has 2 aliphatic rings. The molecule has 1 aliphatic heterocycles. The van der Waals surface area contributed by atoms with E-state index in [1.807, 2.05) is 36.4 Å². The molecule has 1 spiro atoms. The van der Waals surface area contributed by atoms with Crippen molar-refractivity contribution >= 4 is 16.7 Å². The van der Waals surface area contributed by atoms with Crippen LogP contribution in [0, 0.1) is 0 Å². The number of carbonyl (C=O) groups excluding carboxylic acids is 1. The van der Waals surface area contributed by atoms with Crippen LogP contribution >= 0.6 is 0 Å².